The van der Waals surface area contributed by atoms with Crippen molar-refractivity contribution in [1.29, 1.82) is 0 Å². The molecule has 2 N–H and O–H groups in total. The molecule has 1 atom stereocenters. The number of fused-ring (bicyclic) bond motifs is 1. The lowest BCUT2D eigenvalue weighted by atomic mass is 10.1. The smallest absolute Gasteiger partial charge is 0.241 e. The van der Waals surface area contributed by atoms with Gasteiger partial charge in [0.25, 0.3) is 0 Å². The molecule has 1 saturated carbocycles. The van der Waals surface area contributed by atoms with Crippen LogP contribution in [0.4, 0.5) is 0 Å². The fourth-order valence-electron chi connectivity index (χ4n) is 2.57. The van der Waals surface area contributed by atoms with Gasteiger partial charge in [0.05, 0.1) is 11.0 Å². The SMILES string of the molecule is O=S(=O)(NCC[C@H](O)C1CC1)c1cccc2ccccc12. The zero-order valence-electron chi connectivity index (χ0n) is 11.7. The van der Waals surface area contributed by atoms with Crippen molar-refractivity contribution in [2.24, 2.45) is 5.92 Å². The molecule has 3 rings (SSSR count). The van der Waals surface area contributed by atoms with E-state index in [1.165, 1.54) is 0 Å². The summed E-state index contributed by atoms with van der Waals surface area (Å²) in [5, 5.41) is 11.4. The highest BCUT2D eigenvalue weighted by atomic mass is 32.2. The largest absolute Gasteiger partial charge is 0.393 e. The monoisotopic (exact) mass is 305 g/mol. The number of aliphatic hydroxyl groups excluding tert-OH is 1. The summed E-state index contributed by atoms with van der Waals surface area (Å²) in [6.07, 6.45) is 2.18. The second kappa shape index (κ2) is 5.75. The highest BCUT2D eigenvalue weighted by Gasteiger charge is 2.29. The predicted octanol–water partition coefficient (Wildman–Crippen LogP) is 2.28. The van der Waals surface area contributed by atoms with Crippen LogP contribution in [-0.2, 0) is 10.0 Å². The lowest BCUT2D eigenvalue weighted by Gasteiger charge is -2.12. The summed E-state index contributed by atoms with van der Waals surface area (Å²) in [7, 11) is -3.55. The molecule has 0 saturated heterocycles. The molecular formula is C16H19NO3S. The molecular weight excluding hydrogens is 286 g/mol. The summed E-state index contributed by atoms with van der Waals surface area (Å²) in [5.74, 6) is 0.368. The van der Waals surface area contributed by atoms with Crippen LogP contribution in [-0.4, -0.2) is 26.2 Å². The van der Waals surface area contributed by atoms with Gasteiger partial charge in [0.2, 0.25) is 10.0 Å². The van der Waals surface area contributed by atoms with Crippen LogP contribution >= 0.6 is 0 Å². The van der Waals surface area contributed by atoms with Gasteiger partial charge >= 0.3 is 0 Å². The van der Waals surface area contributed by atoms with Crippen molar-refractivity contribution in [2.75, 3.05) is 6.54 Å². The number of hydrogen-bond donors (Lipinski definition) is 2. The Kier molecular flexibility index (Phi) is 3.97. The van der Waals surface area contributed by atoms with Crippen molar-refractivity contribution in [3.63, 3.8) is 0 Å². The van der Waals surface area contributed by atoms with Crippen LogP contribution in [0.15, 0.2) is 47.4 Å². The van der Waals surface area contributed by atoms with Crippen molar-refractivity contribution in [1.82, 2.24) is 4.72 Å². The van der Waals surface area contributed by atoms with Gasteiger partial charge in [0.1, 0.15) is 0 Å². The first-order chi connectivity index (χ1) is 10.1. The van der Waals surface area contributed by atoms with Gasteiger partial charge in [-0.2, -0.15) is 0 Å². The zero-order chi connectivity index (χ0) is 14.9. The number of hydrogen-bond acceptors (Lipinski definition) is 3. The first-order valence-corrected chi connectivity index (χ1v) is 8.72. The molecule has 1 fully saturated rings. The van der Waals surface area contributed by atoms with Crippen molar-refractivity contribution < 1.29 is 13.5 Å². The maximum absolute atomic E-state index is 12.4. The molecule has 0 bridgehead atoms. The summed E-state index contributed by atoms with van der Waals surface area (Å²) < 4.78 is 27.4. The maximum Gasteiger partial charge on any atom is 0.241 e. The molecule has 0 heterocycles. The Bertz CT molecular complexity index is 733. The maximum atomic E-state index is 12.4. The number of benzene rings is 2. The lowest BCUT2D eigenvalue weighted by molar-refractivity contribution is 0.143. The highest BCUT2D eigenvalue weighted by molar-refractivity contribution is 7.89. The summed E-state index contributed by atoms with van der Waals surface area (Å²) in [5.41, 5.74) is 0. The van der Waals surface area contributed by atoms with Gasteiger partial charge in [-0.1, -0.05) is 36.4 Å². The third-order valence-electron chi connectivity index (χ3n) is 3.94. The number of sulfonamides is 1. The fraction of sp³-hybridized carbons (Fsp3) is 0.375. The minimum absolute atomic E-state index is 0.267. The average Bonchev–Trinajstić information content (AvgIpc) is 3.31. The summed E-state index contributed by atoms with van der Waals surface area (Å²) in [6.45, 7) is 0.267. The quantitative estimate of drug-likeness (QED) is 0.860. The Labute approximate surface area is 124 Å². The van der Waals surface area contributed by atoms with Crippen LogP contribution in [0.25, 0.3) is 10.8 Å². The third kappa shape index (κ3) is 3.26. The van der Waals surface area contributed by atoms with Crippen LogP contribution in [0.5, 0.6) is 0 Å². The van der Waals surface area contributed by atoms with E-state index < -0.39 is 10.0 Å². The van der Waals surface area contributed by atoms with E-state index in [1.54, 1.807) is 12.1 Å². The van der Waals surface area contributed by atoms with Gasteiger partial charge in [0.15, 0.2) is 0 Å². The lowest BCUT2D eigenvalue weighted by Crippen LogP contribution is -2.28. The standard InChI is InChI=1S/C16H19NO3S/c18-15(13-8-9-13)10-11-17-21(19,20)16-7-3-5-12-4-1-2-6-14(12)16/h1-7,13,15,17-18H,8-11H2/t15-/m0/s1. The molecule has 1 aliphatic rings. The van der Waals surface area contributed by atoms with E-state index in [1.807, 2.05) is 30.3 Å². The minimum atomic E-state index is -3.55. The summed E-state index contributed by atoms with van der Waals surface area (Å²) in [4.78, 5) is 0.293. The number of rotatable bonds is 6. The molecule has 0 radical (unpaired) electrons. The van der Waals surface area contributed by atoms with Gasteiger partial charge in [-0.25, -0.2) is 13.1 Å². The molecule has 1 aliphatic carbocycles. The molecule has 2 aromatic carbocycles. The van der Waals surface area contributed by atoms with Crippen molar-refractivity contribution >= 4 is 20.8 Å². The van der Waals surface area contributed by atoms with Crippen molar-refractivity contribution in [2.45, 2.75) is 30.3 Å². The second-order valence-electron chi connectivity index (χ2n) is 5.57. The van der Waals surface area contributed by atoms with Crippen LogP contribution in [0.1, 0.15) is 19.3 Å². The van der Waals surface area contributed by atoms with Crippen LogP contribution in [0.2, 0.25) is 0 Å². The van der Waals surface area contributed by atoms with E-state index in [-0.39, 0.29) is 12.6 Å². The Morgan fingerprint density at radius 3 is 2.62 bits per heavy atom. The average molecular weight is 305 g/mol. The van der Waals surface area contributed by atoms with Gasteiger partial charge in [0, 0.05) is 11.9 Å². The van der Waals surface area contributed by atoms with Gasteiger partial charge in [-0.3, -0.25) is 0 Å². The second-order valence-corrected chi connectivity index (χ2v) is 7.30. The summed E-state index contributed by atoms with van der Waals surface area (Å²) in [6, 6.07) is 12.7. The van der Waals surface area contributed by atoms with Gasteiger partial charge in [-0.15, -0.1) is 0 Å². The Morgan fingerprint density at radius 2 is 1.86 bits per heavy atom. The molecule has 2 aromatic rings. The number of aliphatic hydroxyl groups is 1. The van der Waals surface area contributed by atoms with Crippen LogP contribution < -0.4 is 4.72 Å². The first-order valence-electron chi connectivity index (χ1n) is 7.23. The van der Waals surface area contributed by atoms with Gasteiger partial charge in [-0.05, 0) is 36.6 Å². The molecule has 0 amide bonds. The van der Waals surface area contributed by atoms with E-state index in [0.717, 1.165) is 23.6 Å². The van der Waals surface area contributed by atoms with Crippen molar-refractivity contribution in [3.8, 4) is 0 Å². The van der Waals surface area contributed by atoms with Crippen LogP contribution in [0, 0.1) is 5.92 Å². The molecule has 0 unspecified atom stereocenters. The Balaban J connectivity index is 1.76. The van der Waals surface area contributed by atoms with E-state index in [2.05, 4.69) is 4.72 Å². The normalized spacial score (nSPS) is 17.0. The molecule has 112 valence electrons. The van der Waals surface area contributed by atoms with E-state index in [4.69, 9.17) is 0 Å². The summed E-state index contributed by atoms with van der Waals surface area (Å²) >= 11 is 0. The van der Waals surface area contributed by atoms with E-state index in [0.29, 0.717) is 17.2 Å². The molecule has 0 aliphatic heterocycles. The Morgan fingerprint density at radius 1 is 1.14 bits per heavy atom. The third-order valence-corrected chi connectivity index (χ3v) is 5.46. The minimum Gasteiger partial charge on any atom is -0.393 e. The molecule has 0 aromatic heterocycles. The topological polar surface area (TPSA) is 66.4 Å². The van der Waals surface area contributed by atoms with E-state index in [9.17, 15) is 13.5 Å². The molecule has 0 spiro atoms. The zero-order valence-corrected chi connectivity index (χ0v) is 12.5. The van der Waals surface area contributed by atoms with E-state index >= 15 is 0 Å². The predicted molar refractivity (Wildman–Crippen MR) is 82.5 cm³/mol. The Hall–Kier alpha value is -1.43. The highest BCUT2D eigenvalue weighted by Crippen LogP contribution is 2.33. The molecule has 4 nitrogen and oxygen atoms in total. The molecule has 5 heteroatoms. The fourth-order valence-corrected chi connectivity index (χ4v) is 3.84. The molecule has 21 heavy (non-hydrogen) atoms. The van der Waals surface area contributed by atoms with Gasteiger partial charge < -0.3 is 5.11 Å². The number of nitrogens with one attached hydrogen (secondary N) is 1. The van der Waals surface area contributed by atoms with Crippen LogP contribution in [0.3, 0.4) is 0 Å². The first kappa shape index (κ1) is 14.5. The van der Waals surface area contributed by atoms with Crippen molar-refractivity contribution in [3.05, 3.63) is 42.5 Å².